The maximum Gasteiger partial charge on any atom is 0.408 e. The van der Waals surface area contributed by atoms with Gasteiger partial charge in [0.1, 0.15) is 12.1 Å². The Bertz CT molecular complexity index is 1030. The fraction of sp³-hybridized carbons (Fsp3) is 0.444. The highest BCUT2D eigenvalue weighted by molar-refractivity contribution is 5.92. The van der Waals surface area contributed by atoms with Crippen molar-refractivity contribution in [2.24, 2.45) is 11.8 Å². The fourth-order valence-corrected chi connectivity index (χ4v) is 4.92. The van der Waals surface area contributed by atoms with Gasteiger partial charge in [0, 0.05) is 18.9 Å². The van der Waals surface area contributed by atoms with E-state index in [9.17, 15) is 14.4 Å². The lowest BCUT2D eigenvalue weighted by atomic mass is 9.94. The topological polar surface area (TPSA) is 105 Å². The molecule has 1 fully saturated rings. The van der Waals surface area contributed by atoms with Crippen LogP contribution in [0, 0.1) is 11.8 Å². The van der Waals surface area contributed by atoms with Gasteiger partial charge in [-0.05, 0) is 53.4 Å². The molecule has 180 valence electrons. The van der Waals surface area contributed by atoms with Crippen molar-refractivity contribution in [1.82, 2.24) is 10.6 Å². The monoisotopic (exact) mass is 464 g/mol. The summed E-state index contributed by atoms with van der Waals surface area (Å²) in [5.41, 5.74) is 3.61. The molecule has 4 rings (SSSR count). The lowest BCUT2D eigenvalue weighted by molar-refractivity contribution is -0.138. The summed E-state index contributed by atoms with van der Waals surface area (Å²) in [6.07, 6.45) is 1.18. The maximum absolute atomic E-state index is 12.8. The van der Waals surface area contributed by atoms with Gasteiger partial charge in [0.2, 0.25) is 5.91 Å². The molecule has 7 nitrogen and oxygen atoms in total. The van der Waals surface area contributed by atoms with Crippen molar-refractivity contribution in [1.29, 1.82) is 0 Å². The van der Waals surface area contributed by atoms with Crippen LogP contribution in [-0.2, 0) is 14.3 Å². The van der Waals surface area contributed by atoms with Crippen LogP contribution in [0.4, 0.5) is 4.79 Å². The van der Waals surface area contributed by atoms with E-state index in [1.807, 2.05) is 38.1 Å². The number of carboxylic acid groups (broad SMARTS) is 1. The first-order valence-electron chi connectivity index (χ1n) is 11.9. The van der Waals surface area contributed by atoms with Crippen molar-refractivity contribution in [3.8, 4) is 11.1 Å². The quantitative estimate of drug-likeness (QED) is 0.486. The number of nitrogens with one attached hydrogen (secondary N) is 2. The highest BCUT2D eigenvalue weighted by Crippen LogP contribution is 2.44. The molecule has 34 heavy (non-hydrogen) atoms. The molecule has 2 aromatic rings. The van der Waals surface area contributed by atoms with Gasteiger partial charge in [-0.3, -0.25) is 9.59 Å². The zero-order valence-electron chi connectivity index (χ0n) is 19.7. The van der Waals surface area contributed by atoms with E-state index in [-0.39, 0.29) is 37.3 Å². The number of amides is 2. The van der Waals surface area contributed by atoms with Crippen LogP contribution < -0.4 is 10.6 Å². The van der Waals surface area contributed by atoms with Crippen LogP contribution in [-0.4, -0.2) is 41.8 Å². The molecule has 0 bridgehead atoms. The summed E-state index contributed by atoms with van der Waals surface area (Å²) in [5, 5.41) is 14.7. The van der Waals surface area contributed by atoms with E-state index in [0.717, 1.165) is 22.3 Å². The number of hydrogen-bond donors (Lipinski definition) is 3. The third-order valence-corrected chi connectivity index (χ3v) is 6.69. The number of fused-ring (bicyclic) bond motifs is 3. The molecule has 0 saturated heterocycles. The van der Waals surface area contributed by atoms with Gasteiger partial charge < -0.3 is 20.5 Å². The van der Waals surface area contributed by atoms with Gasteiger partial charge in [-0.25, -0.2) is 4.79 Å². The Morgan fingerprint density at radius 1 is 1.03 bits per heavy atom. The molecule has 0 spiro atoms. The second-order valence-electron chi connectivity index (χ2n) is 9.84. The van der Waals surface area contributed by atoms with Gasteiger partial charge >= 0.3 is 12.1 Å². The molecule has 3 N–H and O–H groups in total. The van der Waals surface area contributed by atoms with E-state index in [4.69, 9.17) is 9.84 Å². The zero-order valence-corrected chi connectivity index (χ0v) is 19.7. The standard InChI is InChI=1S/C27H32N2O5/c1-17(2)13-18(14-24(30)31)15-28-25(32)27(11-12-27)29-26(33)34-16-23-21-9-5-3-7-19(21)20-8-4-6-10-22(20)23/h3-10,17-18,23H,11-16H2,1-2H3,(H,28,32)(H,29,33)(H,30,31). The second-order valence-corrected chi connectivity index (χ2v) is 9.84. The highest BCUT2D eigenvalue weighted by atomic mass is 16.5. The van der Waals surface area contributed by atoms with E-state index in [2.05, 4.69) is 34.9 Å². The van der Waals surface area contributed by atoms with E-state index in [0.29, 0.717) is 25.2 Å². The third-order valence-electron chi connectivity index (χ3n) is 6.69. The van der Waals surface area contributed by atoms with E-state index < -0.39 is 17.6 Å². The van der Waals surface area contributed by atoms with Gasteiger partial charge in [0.05, 0.1) is 0 Å². The van der Waals surface area contributed by atoms with Crippen molar-refractivity contribution >= 4 is 18.0 Å². The summed E-state index contributed by atoms with van der Waals surface area (Å²) in [7, 11) is 0. The van der Waals surface area contributed by atoms with Crippen LogP contribution >= 0.6 is 0 Å². The number of ether oxygens (including phenoxy) is 1. The normalized spacial score (nSPS) is 16.3. The predicted molar refractivity (Wildman–Crippen MR) is 128 cm³/mol. The Morgan fingerprint density at radius 2 is 1.62 bits per heavy atom. The molecular formula is C27H32N2O5. The van der Waals surface area contributed by atoms with Crippen molar-refractivity contribution in [3.63, 3.8) is 0 Å². The van der Waals surface area contributed by atoms with Gasteiger partial charge in [-0.2, -0.15) is 0 Å². The molecule has 7 heteroatoms. The number of rotatable bonds is 10. The molecule has 0 radical (unpaired) electrons. The first-order valence-corrected chi connectivity index (χ1v) is 11.9. The Morgan fingerprint density at radius 3 is 2.15 bits per heavy atom. The molecule has 1 unspecified atom stereocenters. The minimum Gasteiger partial charge on any atom is -0.481 e. The third kappa shape index (κ3) is 5.24. The van der Waals surface area contributed by atoms with Crippen molar-refractivity contribution < 1.29 is 24.2 Å². The second kappa shape index (κ2) is 9.87. The average molecular weight is 465 g/mol. The number of benzene rings is 2. The zero-order chi connectivity index (χ0) is 24.3. The molecule has 2 aliphatic carbocycles. The van der Waals surface area contributed by atoms with Crippen molar-refractivity contribution in [2.45, 2.75) is 51.0 Å². The van der Waals surface area contributed by atoms with E-state index in [1.54, 1.807) is 0 Å². The van der Waals surface area contributed by atoms with Crippen LogP contribution in [0.5, 0.6) is 0 Å². The molecule has 2 amide bonds. The molecule has 2 aliphatic rings. The van der Waals surface area contributed by atoms with Crippen LogP contribution in [0.2, 0.25) is 0 Å². The van der Waals surface area contributed by atoms with Crippen LogP contribution in [0.3, 0.4) is 0 Å². The van der Waals surface area contributed by atoms with E-state index in [1.165, 1.54) is 0 Å². The Labute approximate surface area is 199 Å². The van der Waals surface area contributed by atoms with Gasteiger partial charge in [-0.15, -0.1) is 0 Å². The molecule has 0 heterocycles. The molecule has 2 aromatic carbocycles. The predicted octanol–water partition coefficient (Wildman–Crippen LogP) is 4.31. The lowest BCUT2D eigenvalue weighted by Crippen LogP contribution is -2.50. The first kappa shape index (κ1) is 23.8. The largest absolute Gasteiger partial charge is 0.481 e. The van der Waals surface area contributed by atoms with Gasteiger partial charge in [0.15, 0.2) is 0 Å². The van der Waals surface area contributed by atoms with Gasteiger partial charge in [-0.1, -0.05) is 62.4 Å². The van der Waals surface area contributed by atoms with Crippen molar-refractivity contribution in [3.05, 3.63) is 59.7 Å². The lowest BCUT2D eigenvalue weighted by Gasteiger charge is -2.22. The number of carbonyl (C=O) groups is 3. The Hall–Kier alpha value is -3.35. The number of alkyl carbamates (subject to hydrolysis) is 1. The summed E-state index contributed by atoms with van der Waals surface area (Å²) in [5.74, 6) is -1.02. The fourth-order valence-electron chi connectivity index (χ4n) is 4.92. The summed E-state index contributed by atoms with van der Waals surface area (Å²) in [6, 6.07) is 16.2. The molecule has 1 saturated carbocycles. The summed E-state index contributed by atoms with van der Waals surface area (Å²) in [4.78, 5) is 36.6. The Balaban J connectivity index is 1.33. The summed E-state index contributed by atoms with van der Waals surface area (Å²) >= 11 is 0. The number of carboxylic acids is 1. The molecule has 0 aromatic heterocycles. The molecular weight excluding hydrogens is 432 g/mol. The number of aliphatic carboxylic acids is 1. The minimum atomic E-state index is -0.964. The smallest absolute Gasteiger partial charge is 0.408 e. The van der Waals surface area contributed by atoms with Crippen LogP contribution in [0.25, 0.3) is 11.1 Å². The minimum absolute atomic E-state index is 0.00523. The number of hydrogen-bond acceptors (Lipinski definition) is 4. The summed E-state index contributed by atoms with van der Waals surface area (Å²) < 4.78 is 5.59. The average Bonchev–Trinajstić information content (AvgIpc) is 3.50. The number of carbonyl (C=O) groups excluding carboxylic acids is 2. The SMILES string of the molecule is CC(C)CC(CNC(=O)C1(NC(=O)OCC2c3ccccc3-c3ccccc32)CC1)CC(=O)O. The van der Waals surface area contributed by atoms with Crippen molar-refractivity contribution in [2.75, 3.05) is 13.2 Å². The first-order chi connectivity index (χ1) is 16.3. The van der Waals surface area contributed by atoms with Crippen LogP contribution in [0.1, 0.15) is 56.6 Å². The van der Waals surface area contributed by atoms with Crippen LogP contribution in [0.15, 0.2) is 48.5 Å². The van der Waals surface area contributed by atoms with E-state index >= 15 is 0 Å². The maximum atomic E-state index is 12.8. The summed E-state index contributed by atoms with van der Waals surface area (Å²) in [6.45, 7) is 4.51. The van der Waals surface area contributed by atoms with Gasteiger partial charge in [0.25, 0.3) is 0 Å². The highest BCUT2D eigenvalue weighted by Gasteiger charge is 2.51. The Kier molecular flexibility index (Phi) is 6.91. The molecule has 1 atom stereocenters. The molecule has 0 aliphatic heterocycles.